The highest BCUT2D eigenvalue weighted by Gasteiger charge is 2.23. The van der Waals surface area contributed by atoms with Gasteiger partial charge in [-0.05, 0) is 272 Å². The lowest BCUT2D eigenvalue weighted by molar-refractivity contribution is 0.685. The van der Waals surface area contributed by atoms with Crippen LogP contribution in [0.15, 0.2) is 388 Å². The van der Waals surface area contributed by atoms with Crippen molar-refractivity contribution in [3.05, 3.63) is 488 Å². The van der Waals surface area contributed by atoms with Crippen molar-refractivity contribution < 1.29 is 0 Å². The van der Waals surface area contributed by atoms with E-state index in [1.165, 1.54) is 181 Å². The van der Waals surface area contributed by atoms with Crippen LogP contribution in [0.25, 0.3) is 68.1 Å². The molecule has 0 aliphatic heterocycles. The zero-order valence-corrected chi connectivity index (χ0v) is 63.8. The Morgan fingerprint density at radius 1 is 0.214 bits per heavy atom. The average Bonchev–Trinajstić information content (AvgIpc) is 0.763. The van der Waals surface area contributed by atoms with E-state index >= 15 is 0 Å². The molecular weight excluding hydrogens is 1350 g/mol. The first-order valence-electron chi connectivity index (χ1n) is 39.8. The van der Waals surface area contributed by atoms with Crippen molar-refractivity contribution in [2.75, 3.05) is 9.80 Å². The normalized spacial score (nSPS) is 12.1. The number of hydrogen-bond acceptors (Lipinski definition) is 2. The molecule has 0 aromatic heterocycles. The minimum Gasteiger partial charge on any atom is -0.310 e. The van der Waals surface area contributed by atoms with Crippen LogP contribution in [-0.4, -0.2) is 0 Å². The van der Waals surface area contributed by atoms with E-state index in [2.05, 4.69) is 436 Å². The highest BCUT2D eigenvalue weighted by atomic mass is 15.1. The molecular formula is C110H90N2. The Bertz CT molecular complexity index is 5890. The molecule has 0 fully saturated rings. The molecule has 0 radical (unpaired) electrons. The van der Waals surface area contributed by atoms with Crippen molar-refractivity contribution in [1.82, 2.24) is 0 Å². The van der Waals surface area contributed by atoms with Crippen LogP contribution in [0, 0.1) is 13.8 Å². The lowest BCUT2D eigenvalue weighted by atomic mass is 9.91. The summed E-state index contributed by atoms with van der Waals surface area (Å²) in [6.45, 7) is 4.30. The van der Waals surface area contributed by atoms with Gasteiger partial charge in [-0.15, -0.1) is 0 Å². The molecule has 0 saturated carbocycles. The average molecular weight is 1440 g/mol. The Kier molecular flexibility index (Phi) is 21.5. The van der Waals surface area contributed by atoms with Crippen LogP contribution in [0.2, 0.25) is 0 Å². The van der Waals surface area contributed by atoms with Crippen LogP contribution < -0.4 is 9.80 Å². The Morgan fingerprint density at radius 2 is 0.473 bits per heavy atom. The van der Waals surface area contributed by atoms with Crippen LogP contribution in [-0.2, 0) is 25.7 Å². The maximum Gasteiger partial charge on any atom is 0.0540 e. The highest BCUT2D eigenvalue weighted by Crippen LogP contribution is 2.46. The molecule has 18 rings (SSSR count). The standard InChI is InChI=1S/C56H47N.C54H43N/c1-40-21-27-46(28-22-40)55(47-29-23-41(2)24-30-47)39-49-32-36-56(53-20-12-11-19-52(49)53)57(51-35-31-43-13-9-10-18-48(43)38-51)50-33-25-42(26-34-50)37-54(44-14-5-3-6-15-44)45-16-7-4-8-17-45;1-5-18-42(19-6-1)52(43-20-7-2-8-21-43)37-40-29-33-48(34-30-40)55(49-35-31-41-17-13-14-26-46(41)38-49)54-36-32-47(50-27-15-16-28-51(50)54)39-53(44-22-9-3-10-23-44)45-24-11-4-12-25-45/h3-8,11-12,14-17,19-39H,9-10,13,18H2,1-2H3;1-12,15-16,18-25,27-39H,13-14,17,26H2. The highest BCUT2D eigenvalue weighted by molar-refractivity contribution is 6.08. The van der Waals surface area contributed by atoms with E-state index in [0.29, 0.717) is 0 Å². The molecule has 2 nitrogen and oxygen atoms in total. The minimum absolute atomic E-state index is 1.13. The predicted molar refractivity (Wildman–Crippen MR) is 479 cm³/mol. The molecule has 0 N–H and O–H groups in total. The largest absolute Gasteiger partial charge is 0.310 e. The molecule has 2 aliphatic rings. The number of aryl methyl sites for hydroxylation is 6. The molecule has 0 heterocycles. The maximum absolute atomic E-state index is 2.47. The first-order chi connectivity index (χ1) is 55.3. The van der Waals surface area contributed by atoms with Gasteiger partial charge in [-0.25, -0.2) is 0 Å². The Labute approximate surface area is 661 Å². The first kappa shape index (κ1) is 71.5. The molecule has 540 valence electrons. The molecule has 2 aliphatic carbocycles. The molecule has 2 heteroatoms. The van der Waals surface area contributed by atoms with Crippen LogP contribution in [0.5, 0.6) is 0 Å². The number of rotatable bonds is 18. The van der Waals surface area contributed by atoms with Crippen molar-refractivity contribution in [3.8, 4) is 0 Å². The lowest BCUT2D eigenvalue weighted by Gasteiger charge is -2.29. The first-order valence-corrected chi connectivity index (χ1v) is 39.8. The number of benzene rings is 16. The number of anilines is 6. The summed E-state index contributed by atoms with van der Waals surface area (Å²) in [7, 11) is 0. The third kappa shape index (κ3) is 16.0. The SMILES string of the molecule is C(=C(c1ccccc1)c1ccccc1)c1ccc(N(c2ccc3c(c2)CCCC3)c2ccc(C=C(c3ccccc3)c3ccccc3)c3ccccc23)cc1.Cc1ccc(C(=Cc2ccc(N(c3ccc(C=C(c4ccccc4)c4ccccc4)cc3)c3ccc4c(c3)CCCC4)c3ccccc23)c2ccc(C)cc2)cc1. The summed E-state index contributed by atoms with van der Waals surface area (Å²) >= 11 is 0. The summed E-state index contributed by atoms with van der Waals surface area (Å²) in [6.07, 6.45) is 19.0. The molecule has 0 spiro atoms. The van der Waals surface area contributed by atoms with Gasteiger partial charge < -0.3 is 9.80 Å². The van der Waals surface area contributed by atoms with Crippen molar-refractivity contribution >= 4 is 102 Å². The summed E-state index contributed by atoms with van der Waals surface area (Å²) in [5, 5.41) is 4.89. The molecule has 16 aromatic carbocycles. The third-order valence-electron chi connectivity index (χ3n) is 22.3. The number of hydrogen-bond donors (Lipinski definition) is 0. The van der Waals surface area contributed by atoms with E-state index in [1.54, 1.807) is 0 Å². The van der Waals surface area contributed by atoms with Crippen LogP contribution in [0.3, 0.4) is 0 Å². The molecule has 112 heavy (non-hydrogen) atoms. The van der Waals surface area contributed by atoms with Gasteiger partial charge in [-0.2, -0.15) is 0 Å². The monoisotopic (exact) mass is 1440 g/mol. The van der Waals surface area contributed by atoms with Crippen molar-refractivity contribution in [2.24, 2.45) is 0 Å². The van der Waals surface area contributed by atoms with E-state index < -0.39 is 0 Å². The number of nitrogens with zero attached hydrogens (tertiary/aromatic N) is 2. The lowest BCUT2D eigenvalue weighted by Crippen LogP contribution is -2.12. The second-order valence-electron chi connectivity index (χ2n) is 29.8. The topological polar surface area (TPSA) is 6.48 Å². The fourth-order valence-electron chi connectivity index (χ4n) is 16.4. The second kappa shape index (κ2) is 33.6. The maximum atomic E-state index is 2.47. The van der Waals surface area contributed by atoms with Gasteiger partial charge in [0.1, 0.15) is 0 Å². The smallest absolute Gasteiger partial charge is 0.0540 e. The van der Waals surface area contributed by atoms with Crippen molar-refractivity contribution in [3.63, 3.8) is 0 Å². The fraction of sp³-hybridized carbons (Fsp3) is 0.0909. The van der Waals surface area contributed by atoms with E-state index in [9.17, 15) is 0 Å². The van der Waals surface area contributed by atoms with Gasteiger partial charge in [-0.1, -0.05) is 339 Å². The fourth-order valence-corrected chi connectivity index (χ4v) is 16.4. The summed E-state index contributed by atoms with van der Waals surface area (Å²) in [5.41, 5.74) is 34.7. The molecule has 0 saturated heterocycles. The molecule has 16 aromatic rings. The van der Waals surface area contributed by atoms with E-state index in [0.717, 1.165) is 48.2 Å². The summed E-state index contributed by atoms with van der Waals surface area (Å²) in [6, 6.07) is 142. The minimum atomic E-state index is 1.13. The number of fused-ring (bicyclic) bond motifs is 4. The van der Waals surface area contributed by atoms with Crippen LogP contribution in [0.1, 0.15) is 126 Å². The van der Waals surface area contributed by atoms with Crippen molar-refractivity contribution in [2.45, 2.75) is 65.2 Å². The summed E-state index contributed by atoms with van der Waals surface area (Å²) in [4.78, 5) is 4.93. The summed E-state index contributed by atoms with van der Waals surface area (Å²) in [5.74, 6) is 0. The molecule has 0 atom stereocenters. The van der Waals surface area contributed by atoms with Gasteiger partial charge in [0.05, 0.1) is 11.4 Å². The van der Waals surface area contributed by atoms with Crippen LogP contribution >= 0.6 is 0 Å². The van der Waals surface area contributed by atoms with Crippen molar-refractivity contribution in [1.29, 1.82) is 0 Å². The Morgan fingerprint density at radius 3 is 0.786 bits per heavy atom. The van der Waals surface area contributed by atoms with E-state index in [1.807, 2.05) is 0 Å². The Hall–Kier alpha value is -13.4. The van der Waals surface area contributed by atoms with E-state index in [4.69, 9.17) is 0 Å². The van der Waals surface area contributed by atoms with E-state index in [-0.39, 0.29) is 0 Å². The predicted octanol–water partition coefficient (Wildman–Crippen LogP) is 29.3. The summed E-state index contributed by atoms with van der Waals surface area (Å²) < 4.78 is 0. The van der Waals surface area contributed by atoms with Gasteiger partial charge in [0.25, 0.3) is 0 Å². The molecule has 0 unspecified atom stereocenters. The van der Waals surface area contributed by atoms with Gasteiger partial charge in [0.2, 0.25) is 0 Å². The van der Waals surface area contributed by atoms with Gasteiger partial charge in [0, 0.05) is 33.5 Å². The van der Waals surface area contributed by atoms with Gasteiger partial charge in [-0.3, -0.25) is 0 Å². The van der Waals surface area contributed by atoms with Gasteiger partial charge >= 0.3 is 0 Å². The second-order valence-corrected chi connectivity index (χ2v) is 29.8. The zero-order valence-electron chi connectivity index (χ0n) is 63.8. The zero-order chi connectivity index (χ0) is 75.4. The van der Waals surface area contributed by atoms with Crippen LogP contribution in [0.4, 0.5) is 34.1 Å². The Balaban J connectivity index is 0.000000163. The van der Waals surface area contributed by atoms with Gasteiger partial charge in [0.15, 0.2) is 0 Å². The third-order valence-corrected chi connectivity index (χ3v) is 22.3. The molecule has 0 amide bonds. The quantitative estimate of drug-likeness (QED) is 0.0790. The molecule has 0 bridgehead atoms.